The van der Waals surface area contributed by atoms with E-state index in [-0.39, 0.29) is 0 Å². The summed E-state index contributed by atoms with van der Waals surface area (Å²) in [6.45, 7) is 0. The van der Waals surface area contributed by atoms with Gasteiger partial charge in [-0.05, 0) is 30.3 Å². The van der Waals surface area contributed by atoms with Crippen LogP contribution in [0.2, 0.25) is 10.0 Å². The Morgan fingerprint density at radius 2 is 1.95 bits per heavy atom. The smallest absolute Gasteiger partial charge is 0.140 e. The maximum absolute atomic E-state index is 9.15. The fourth-order valence-electron chi connectivity index (χ4n) is 2.20. The Morgan fingerprint density at radius 1 is 1.15 bits per heavy atom. The van der Waals surface area contributed by atoms with E-state index in [1.54, 1.807) is 18.2 Å². The van der Waals surface area contributed by atoms with E-state index >= 15 is 0 Å². The van der Waals surface area contributed by atoms with Crippen LogP contribution in [-0.4, -0.2) is 9.55 Å². The first-order valence-corrected chi connectivity index (χ1v) is 6.68. The van der Waals surface area contributed by atoms with E-state index in [0.717, 1.165) is 16.9 Å². The summed E-state index contributed by atoms with van der Waals surface area (Å²) in [6, 6.07) is 13.1. The molecule has 0 fully saturated rings. The van der Waals surface area contributed by atoms with E-state index in [2.05, 4.69) is 11.1 Å². The lowest BCUT2D eigenvalue weighted by Crippen LogP contribution is -1.92. The number of imidazole rings is 1. The van der Waals surface area contributed by atoms with E-state index in [1.165, 1.54) is 0 Å². The first kappa shape index (κ1) is 13.0. The molecule has 0 radical (unpaired) electrons. The van der Waals surface area contributed by atoms with E-state index in [9.17, 15) is 0 Å². The van der Waals surface area contributed by atoms with Crippen molar-refractivity contribution in [3.8, 4) is 17.5 Å². The highest BCUT2D eigenvalue weighted by Gasteiger charge is 2.13. The first-order valence-electron chi connectivity index (χ1n) is 5.93. The lowest BCUT2D eigenvalue weighted by Gasteiger charge is -2.03. The van der Waals surface area contributed by atoms with Crippen molar-refractivity contribution in [3.05, 3.63) is 52.0 Å². The summed E-state index contributed by atoms with van der Waals surface area (Å²) >= 11 is 12.0. The summed E-state index contributed by atoms with van der Waals surface area (Å²) in [5.74, 6) is 0.751. The molecule has 0 saturated heterocycles. The van der Waals surface area contributed by atoms with E-state index < -0.39 is 0 Å². The summed E-state index contributed by atoms with van der Waals surface area (Å²) in [5.41, 5.74) is 3.02. The van der Waals surface area contributed by atoms with Gasteiger partial charge in [-0.3, -0.25) is 0 Å². The zero-order valence-electron chi connectivity index (χ0n) is 10.6. The van der Waals surface area contributed by atoms with Gasteiger partial charge in [-0.2, -0.15) is 5.26 Å². The molecule has 0 N–H and O–H groups in total. The summed E-state index contributed by atoms with van der Waals surface area (Å²) < 4.78 is 1.94. The molecule has 1 aromatic heterocycles. The van der Waals surface area contributed by atoms with Crippen LogP contribution in [0.3, 0.4) is 0 Å². The molecule has 3 rings (SSSR count). The van der Waals surface area contributed by atoms with Crippen molar-refractivity contribution in [3.63, 3.8) is 0 Å². The van der Waals surface area contributed by atoms with Crippen molar-refractivity contribution >= 4 is 34.2 Å². The van der Waals surface area contributed by atoms with Crippen molar-refractivity contribution in [2.45, 2.75) is 0 Å². The highest BCUT2D eigenvalue weighted by molar-refractivity contribution is 6.42. The second kappa shape index (κ2) is 4.82. The Kier molecular flexibility index (Phi) is 3.13. The molecular weight excluding hydrogens is 293 g/mol. The molecule has 20 heavy (non-hydrogen) atoms. The quantitative estimate of drug-likeness (QED) is 0.667. The first-order chi connectivity index (χ1) is 9.61. The number of hydrogen-bond donors (Lipinski definition) is 0. The topological polar surface area (TPSA) is 41.6 Å². The Labute approximate surface area is 126 Å². The number of benzene rings is 2. The zero-order valence-corrected chi connectivity index (χ0v) is 12.1. The molecule has 0 aliphatic heterocycles. The molecule has 1 heterocycles. The summed E-state index contributed by atoms with van der Waals surface area (Å²) in [6.07, 6.45) is 0. The SMILES string of the molecule is Cn1c(-c2ccc(Cl)c(Cl)c2)nc2c(C#N)cccc21. The van der Waals surface area contributed by atoms with Gasteiger partial charge in [0.15, 0.2) is 0 Å². The normalized spacial score (nSPS) is 10.7. The molecular formula is C15H9Cl2N3. The van der Waals surface area contributed by atoms with Crippen LogP contribution >= 0.6 is 23.2 Å². The van der Waals surface area contributed by atoms with Crippen LogP contribution in [0.1, 0.15) is 5.56 Å². The standard InChI is InChI=1S/C15H9Cl2N3/c1-20-13-4-2-3-10(8-18)14(13)19-15(20)9-5-6-11(16)12(17)7-9/h2-7H,1H3. The van der Waals surface area contributed by atoms with Gasteiger partial charge in [0, 0.05) is 12.6 Å². The summed E-state index contributed by atoms with van der Waals surface area (Å²) in [7, 11) is 1.91. The molecule has 0 aliphatic carbocycles. The van der Waals surface area contributed by atoms with Gasteiger partial charge < -0.3 is 4.57 Å². The summed E-state index contributed by atoms with van der Waals surface area (Å²) in [5, 5.41) is 10.1. The summed E-state index contributed by atoms with van der Waals surface area (Å²) in [4.78, 5) is 4.56. The molecule has 0 aliphatic rings. The number of hydrogen-bond acceptors (Lipinski definition) is 2. The number of rotatable bonds is 1. The zero-order chi connectivity index (χ0) is 14.3. The van der Waals surface area contributed by atoms with Crippen molar-refractivity contribution in [2.75, 3.05) is 0 Å². The fraction of sp³-hybridized carbons (Fsp3) is 0.0667. The highest BCUT2D eigenvalue weighted by atomic mass is 35.5. The number of nitriles is 1. The predicted molar refractivity (Wildman–Crippen MR) is 80.9 cm³/mol. The van der Waals surface area contributed by atoms with Gasteiger partial charge in [-0.25, -0.2) is 4.98 Å². The third kappa shape index (κ3) is 1.94. The Balaban J connectivity index is 2.29. The monoisotopic (exact) mass is 301 g/mol. The number of para-hydroxylation sites is 1. The minimum Gasteiger partial charge on any atom is -0.327 e. The molecule has 2 aromatic carbocycles. The van der Waals surface area contributed by atoms with Crippen LogP contribution < -0.4 is 0 Å². The van der Waals surface area contributed by atoms with Crippen LogP contribution in [0.4, 0.5) is 0 Å². The Hall–Kier alpha value is -2.02. The van der Waals surface area contributed by atoms with Crippen LogP contribution in [0.25, 0.3) is 22.4 Å². The number of aryl methyl sites for hydroxylation is 1. The second-order valence-electron chi connectivity index (χ2n) is 4.41. The Morgan fingerprint density at radius 3 is 2.65 bits per heavy atom. The molecule has 0 atom stereocenters. The third-order valence-electron chi connectivity index (χ3n) is 3.21. The third-order valence-corrected chi connectivity index (χ3v) is 3.95. The van der Waals surface area contributed by atoms with Crippen LogP contribution in [0, 0.1) is 11.3 Å². The van der Waals surface area contributed by atoms with Gasteiger partial charge >= 0.3 is 0 Å². The minimum atomic E-state index is 0.483. The number of fused-ring (bicyclic) bond motifs is 1. The predicted octanol–water partition coefficient (Wildman–Crippen LogP) is 4.42. The Bertz CT molecular complexity index is 859. The van der Waals surface area contributed by atoms with Gasteiger partial charge in [-0.1, -0.05) is 29.3 Å². The van der Waals surface area contributed by atoms with Crippen LogP contribution in [0.15, 0.2) is 36.4 Å². The maximum Gasteiger partial charge on any atom is 0.140 e. The number of aromatic nitrogens is 2. The van der Waals surface area contributed by atoms with Gasteiger partial charge in [0.05, 0.1) is 21.1 Å². The average Bonchev–Trinajstić information content (AvgIpc) is 2.79. The van der Waals surface area contributed by atoms with Crippen LogP contribution in [0.5, 0.6) is 0 Å². The van der Waals surface area contributed by atoms with Gasteiger partial charge in [-0.15, -0.1) is 0 Å². The van der Waals surface area contributed by atoms with Crippen molar-refractivity contribution in [2.24, 2.45) is 7.05 Å². The van der Waals surface area contributed by atoms with E-state index in [0.29, 0.717) is 21.1 Å². The molecule has 5 heteroatoms. The van der Waals surface area contributed by atoms with Gasteiger partial charge in [0.25, 0.3) is 0 Å². The maximum atomic E-state index is 9.15. The van der Waals surface area contributed by atoms with Crippen LogP contribution in [-0.2, 0) is 7.05 Å². The molecule has 3 aromatic rings. The fourth-order valence-corrected chi connectivity index (χ4v) is 2.50. The molecule has 0 unspecified atom stereocenters. The average molecular weight is 302 g/mol. The van der Waals surface area contributed by atoms with Crippen molar-refractivity contribution in [1.82, 2.24) is 9.55 Å². The second-order valence-corrected chi connectivity index (χ2v) is 5.22. The number of halogens is 2. The minimum absolute atomic E-state index is 0.483. The molecule has 0 saturated carbocycles. The molecule has 0 spiro atoms. The van der Waals surface area contributed by atoms with Crippen molar-refractivity contribution in [1.29, 1.82) is 5.26 Å². The molecule has 0 amide bonds. The lowest BCUT2D eigenvalue weighted by atomic mass is 10.2. The number of nitrogens with zero attached hydrogens (tertiary/aromatic N) is 3. The molecule has 3 nitrogen and oxygen atoms in total. The van der Waals surface area contributed by atoms with Crippen molar-refractivity contribution < 1.29 is 0 Å². The molecule has 0 bridgehead atoms. The highest BCUT2D eigenvalue weighted by Crippen LogP contribution is 2.30. The lowest BCUT2D eigenvalue weighted by molar-refractivity contribution is 0.959. The van der Waals surface area contributed by atoms with E-state index in [4.69, 9.17) is 28.5 Å². The van der Waals surface area contributed by atoms with Gasteiger partial charge in [0.1, 0.15) is 17.4 Å². The molecule has 98 valence electrons. The largest absolute Gasteiger partial charge is 0.327 e. The van der Waals surface area contributed by atoms with E-state index in [1.807, 2.05) is 29.8 Å². The van der Waals surface area contributed by atoms with Gasteiger partial charge in [0.2, 0.25) is 0 Å².